The predicted octanol–water partition coefficient (Wildman–Crippen LogP) is -2.09. The van der Waals surface area contributed by atoms with E-state index in [0.717, 1.165) is 4.57 Å². The number of nitrogens with two attached hydrogens (primary N) is 1. The number of carbonyl (C=O) groups is 2. The Morgan fingerprint density at radius 2 is 2.07 bits per heavy atom. The van der Waals surface area contributed by atoms with Crippen LogP contribution in [0.3, 0.4) is 0 Å². The van der Waals surface area contributed by atoms with E-state index in [1.165, 1.54) is 12.3 Å². The minimum Gasteiger partial charge on any atom is -0.436 e. The average molecular weight is 386 g/mol. The summed E-state index contributed by atoms with van der Waals surface area (Å²) in [5.74, 6) is -1.22. The molecule has 0 radical (unpaired) electrons. The van der Waals surface area contributed by atoms with E-state index in [2.05, 4.69) is 10.3 Å². The first-order chi connectivity index (χ1) is 12.6. The summed E-state index contributed by atoms with van der Waals surface area (Å²) < 4.78 is 10.9. The van der Waals surface area contributed by atoms with Crippen molar-refractivity contribution in [1.29, 1.82) is 0 Å². The normalized spacial score (nSPS) is 26.0. The Hall–Kier alpha value is -2.54. The molecule has 1 aliphatic rings. The molecular formula is C15H22N4O8. The van der Waals surface area contributed by atoms with Crippen molar-refractivity contribution in [3.63, 3.8) is 0 Å². The number of carbonyl (C=O) groups excluding carboxylic acids is 2. The minimum absolute atomic E-state index is 0.119. The molecule has 12 nitrogen and oxygen atoms in total. The van der Waals surface area contributed by atoms with Crippen LogP contribution in [0, 0.1) is 5.92 Å². The number of hydrogen-bond donors (Lipinski definition) is 5. The van der Waals surface area contributed by atoms with Gasteiger partial charge in [-0.2, -0.15) is 4.98 Å². The second kappa shape index (κ2) is 8.43. The van der Waals surface area contributed by atoms with Gasteiger partial charge in [0.05, 0.1) is 6.61 Å². The van der Waals surface area contributed by atoms with Crippen molar-refractivity contribution in [2.24, 2.45) is 11.7 Å². The van der Waals surface area contributed by atoms with Gasteiger partial charge < -0.3 is 35.8 Å². The van der Waals surface area contributed by atoms with E-state index in [0.29, 0.717) is 0 Å². The molecule has 5 unspecified atom stereocenters. The van der Waals surface area contributed by atoms with Gasteiger partial charge >= 0.3 is 11.8 Å². The quantitative estimate of drug-likeness (QED) is 0.365. The Kier molecular flexibility index (Phi) is 6.49. The van der Waals surface area contributed by atoms with Crippen molar-refractivity contribution in [1.82, 2.24) is 9.55 Å². The standard InChI is InChI=1S/C15H22N4O8/c1-6(2)11(27-14(16)24)12(23)17-8-3-4-19(15(25)18-8)13-10(22)9(21)7(5-20)26-13/h3-4,6-7,9-11,13,20-22H,5H2,1-2H3,(H2,16,24)(H,17,18,23,25). The lowest BCUT2D eigenvalue weighted by molar-refractivity contribution is -0.126. The molecule has 1 fully saturated rings. The highest BCUT2D eigenvalue weighted by molar-refractivity contribution is 5.94. The van der Waals surface area contributed by atoms with Gasteiger partial charge in [-0.1, -0.05) is 13.8 Å². The molecule has 1 aromatic heterocycles. The largest absolute Gasteiger partial charge is 0.436 e. The molecule has 1 aromatic rings. The Morgan fingerprint density at radius 3 is 2.56 bits per heavy atom. The third-order valence-electron chi connectivity index (χ3n) is 3.98. The maximum absolute atomic E-state index is 12.2. The van der Waals surface area contributed by atoms with Gasteiger partial charge in [-0.05, 0) is 12.0 Å². The maximum atomic E-state index is 12.2. The molecule has 150 valence electrons. The van der Waals surface area contributed by atoms with Gasteiger partial charge in [0.2, 0.25) is 0 Å². The third kappa shape index (κ3) is 4.60. The lowest BCUT2D eigenvalue weighted by Crippen LogP contribution is -2.39. The molecule has 1 saturated heterocycles. The molecule has 0 bridgehead atoms. The van der Waals surface area contributed by atoms with Crippen molar-refractivity contribution >= 4 is 17.8 Å². The number of rotatable bonds is 6. The van der Waals surface area contributed by atoms with Crippen LogP contribution < -0.4 is 16.7 Å². The molecule has 0 aliphatic carbocycles. The van der Waals surface area contributed by atoms with Crippen molar-refractivity contribution < 1.29 is 34.4 Å². The molecule has 12 heteroatoms. The number of ether oxygens (including phenoxy) is 2. The van der Waals surface area contributed by atoms with Gasteiger partial charge in [0.1, 0.15) is 24.1 Å². The highest BCUT2D eigenvalue weighted by atomic mass is 16.6. The van der Waals surface area contributed by atoms with Gasteiger partial charge in [-0.25, -0.2) is 9.59 Å². The second-order valence-electron chi connectivity index (χ2n) is 6.32. The van der Waals surface area contributed by atoms with Crippen molar-refractivity contribution in [3.8, 4) is 0 Å². The summed E-state index contributed by atoms with van der Waals surface area (Å²) in [5.41, 5.74) is 4.06. The summed E-state index contributed by atoms with van der Waals surface area (Å²) in [6, 6.07) is 1.26. The van der Waals surface area contributed by atoms with E-state index >= 15 is 0 Å². The van der Waals surface area contributed by atoms with Crippen LogP contribution >= 0.6 is 0 Å². The summed E-state index contributed by atoms with van der Waals surface area (Å²) in [6.45, 7) is 2.74. The fourth-order valence-corrected chi connectivity index (χ4v) is 2.60. The van der Waals surface area contributed by atoms with Crippen LogP contribution in [0.2, 0.25) is 0 Å². The van der Waals surface area contributed by atoms with Crippen LogP contribution in [0.1, 0.15) is 20.1 Å². The van der Waals surface area contributed by atoms with Gasteiger partial charge in [0.15, 0.2) is 12.3 Å². The number of hydrogen-bond acceptors (Lipinski definition) is 9. The Bertz CT molecular complexity index is 752. The number of anilines is 1. The number of aliphatic hydroxyl groups excluding tert-OH is 3. The van der Waals surface area contributed by atoms with Gasteiger partial charge in [-0.3, -0.25) is 9.36 Å². The van der Waals surface area contributed by atoms with E-state index in [9.17, 15) is 24.6 Å². The Labute approximate surface area is 153 Å². The predicted molar refractivity (Wildman–Crippen MR) is 89.4 cm³/mol. The Morgan fingerprint density at radius 1 is 1.41 bits per heavy atom. The molecular weight excluding hydrogens is 364 g/mol. The lowest BCUT2D eigenvalue weighted by atomic mass is 10.1. The average Bonchev–Trinajstić information content (AvgIpc) is 2.87. The highest BCUT2D eigenvalue weighted by Gasteiger charge is 2.43. The summed E-state index contributed by atoms with van der Waals surface area (Å²) in [5, 5.41) is 31.2. The van der Waals surface area contributed by atoms with Crippen LogP contribution in [0.5, 0.6) is 0 Å². The molecule has 0 spiro atoms. The molecule has 1 aliphatic heterocycles. The van der Waals surface area contributed by atoms with Crippen LogP contribution in [-0.2, 0) is 14.3 Å². The van der Waals surface area contributed by atoms with Crippen LogP contribution in [0.15, 0.2) is 17.1 Å². The summed E-state index contributed by atoms with van der Waals surface area (Å²) in [7, 11) is 0. The molecule has 5 atom stereocenters. The third-order valence-corrected chi connectivity index (χ3v) is 3.98. The van der Waals surface area contributed by atoms with E-state index < -0.39 is 54.9 Å². The Balaban J connectivity index is 2.16. The zero-order chi connectivity index (χ0) is 20.3. The first-order valence-electron chi connectivity index (χ1n) is 8.14. The number of nitrogens with zero attached hydrogens (tertiary/aromatic N) is 2. The number of nitrogens with one attached hydrogen (secondary N) is 1. The van der Waals surface area contributed by atoms with E-state index in [4.69, 9.17) is 20.3 Å². The fourth-order valence-electron chi connectivity index (χ4n) is 2.60. The SMILES string of the molecule is CC(C)C(OC(N)=O)C(=O)Nc1ccn(C2OC(CO)C(O)C2O)c(=O)n1. The first-order valence-corrected chi connectivity index (χ1v) is 8.14. The van der Waals surface area contributed by atoms with Gasteiger partial charge in [-0.15, -0.1) is 0 Å². The van der Waals surface area contributed by atoms with Crippen LogP contribution in [-0.4, -0.2) is 67.9 Å². The summed E-state index contributed by atoms with van der Waals surface area (Å²) >= 11 is 0. The van der Waals surface area contributed by atoms with Crippen molar-refractivity contribution in [2.45, 2.75) is 44.5 Å². The van der Waals surface area contributed by atoms with Crippen molar-refractivity contribution in [2.75, 3.05) is 11.9 Å². The first kappa shape index (κ1) is 20.8. The second-order valence-corrected chi connectivity index (χ2v) is 6.32. The van der Waals surface area contributed by atoms with Gasteiger partial charge in [0, 0.05) is 6.20 Å². The van der Waals surface area contributed by atoms with Crippen LogP contribution in [0.25, 0.3) is 0 Å². The number of primary amides is 1. The molecule has 0 saturated carbocycles. The van der Waals surface area contributed by atoms with E-state index in [-0.39, 0.29) is 11.7 Å². The molecule has 0 aromatic carbocycles. The minimum atomic E-state index is -1.45. The van der Waals surface area contributed by atoms with E-state index in [1.54, 1.807) is 13.8 Å². The number of amides is 2. The maximum Gasteiger partial charge on any atom is 0.405 e. The monoisotopic (exact) mass is 386 g/mol. The zero-order valence-electron chi connectivity index (χ0n) is 14.7. The van der Waals surface area contributed by atoms with Crippen molar-refractivity contribution in [3.05, 3.63) is 22.7 Å². The smallest absolute Gasteiger partial charge is 0.405 e. The zero-order valence-corrected chi connectivity index (χ0v) is 14.7. The highest BCUT2D eigenvalue weighted by Crippen LogP contribution is 2.28. The number of aromatic nitrogens is 2. The molecule has 2 rings (SSSR count). The fraction of sp³-hybridized carbons (Fsp3) is 0.600. The topological polar surface area (TPSA) is 186 Å². The molecule has 27 heavy (non-hydrogen) atoms. The summed E-state index contributed by atoms with van der Waals surface area (Å²) in [6.07, 6.45) is -6.20. The molecule has 2 amide bonds. The lowest BCUT2D eigenvalue weighted by Gasteiger charge is -2.20. The number of aliphatic hydroxyl groups is 3. The van der Waals surface area contributed by atoms with Gasteiger partial charge in [0.25, 0.3) is 5.91 Å². The molecule has 2 heterocycles. The summed E-state index contributed by atoms with van der Waals surface area (Å²) in [4.78, 5) is 39.0. The molecule has 6 N–H and O–H groups in total. The van der Waals surface area contributed by atoms with Crippen LogP contribution in [0.4, 0.5) is 10.6 Å². The van der Waals surface area contributed by atoms with E-state index in [1.807, 2.05) is 0 Å².